The molecule has 0 radical (unpaired) electrons. The number of hydrogen-bond acceptors (Lipinski definition) is 7. The lowest BCUT2D eigenvalue weighted by Gasteiger charge is -2.34. The SMILES string of the molecule is Cc1c(C(=O)N2CCN(c3nc4ccc(OC(F)(F)F)cc4s3)CC2)cccc1[N+](=O)[O-]. The zero-order valence-corrected chi connectivity index (χ0v) is 17.6. The molecular formula is C20H17F3N4O4S. The van der Waals surface area contributed by atoms with Gasteiger partial charge in [-0.25, -0.2) is 4.98 Å². The van der Waals surface area contributed by atoms with E-state index < -0.39 is 11.3 Å². The second-order valence-corrected chi connectivity index (χ2v) is 8.17. The molecule has 0 spiro atoms. The summed E-state index contributed by atoms with van der Waals surface area (Å²) in [6.45, 7) is 3.29. The van der Waals surface area contributed by atoms with Crippen LogP contribution in [0.4, 0.5) is 24.0 Å². The monoisotopic (exact) mass is 466 g/mol. The minimum Gasteiger partial charge on any atom is -0.406 e. The minimum atomic E-state index is -4.76. The molecule has 1 aromatic heterocycles. The van der Waals surface area contributed by atoms with Gasteiger partial charge in [-0.3, -0.25) is 14.9 Å². The lowest BCUT2D eigenvalue weighted by Crippen LogP contribution is -2.48. The lowest BCUT2D eigenvalue weighted by atomic mass is 10.1. The number of nitro groups is 1. The normalized spacial score (nSPS) is 14.6. The Morgan fingerprint density at radius 3 is 2.56 bits per heavy atom. The first-order valence-electron chi connectivity index (χ1n) is 9.57. The molecule has 0 N–H and O–H groups in total. The fraction of sp³-hybridized carbons (Fsp3) is 0.300. The number of amides is 1. The molecule has 1 saturated heterocycles. The van der Waals surface area contributed by atoms with E-state index in [1.54, 1.807) is 17.9 Å². The summed E-state index contributed by atoms with van der Waals surface area (Å²) in [5, 5.41) is 11.8. The van der Waals surface area contributed by atoms with Crippen molar-refractivity contribution < 1.29 is 27.6 Å². The van der Waals surface area contributed by atoms with Crippen LogP contribution in [0.2, 0.25) is 0 Å². The van der Waals surface area contributed by atoms with E-state index in [0.717, 1.165) is 0 Å². The van der Waals surface area contributed by atoms with Gasteiger partial charge in [-0.2, -0.15) is 0 Å². The number of carbonyl (C=O) groups excluding carboxylic acids is 1. The van der Waals surface area contributed by atoms with Gasteiger partial charge in [-0.15, -0.1) is 13.2 Å². The van der Waals surface area contributed by atoms with Gasteiger partial charge in [0.15, 0.2) is 5.13 Å². The Balaban J connectivity index is 1.46. The van der Waals surface area contributed by atoms with Gasteiger partial charge in [-0.05, 0) is 25.1 Å². The third-order valence-corrected chi connectivity index (χ3v) is 6.23. The highest BCUT2D eigenvalue weighted by atomic mass is 32.1. The first-order chi connectivity index (χ1) is 15.1. The quantitative estimate of drug-likeness (QED) is 0.419. The van der Waals surface area contributed by atoms with Crippen LogP contribution in [0.5, 0.6) is 5.75 Å². The van der Waals surface area contributed by atoms with E-state index in [4.69, 9.17) is 0 Å². The minimum absolute atomic E-state index is 0.0992. The van der Waals surface area contributed by atoms with E-state index in [-0.39, 0.29) is 17.3 Å². The molecule has 0 unspecified atom stereocenters. The van der Waals surface area contributed by atoms with Crippen molar-refractivity contribution in [1.82, 2.24) is 9.88 Å². The predicted octanol–water partition coefficient (Wildman–Crippen LogP) is 4.37. The Hall–Kier alpha value is -3.41. The maximum atomic E-state index is 12.9. The number of aromatic nitrogens is 1. The van der Waals surface area contributed by atoms with E-state index in [1.807, 2.05) is 4.90 Å². The zero-order chi connectivity index (χ0) is 23.0. The van der Waals surface area contributed by atoms with Gasteiger partial charge in [0.2, 0.25) is 0 Å². The number of nitro benzene ring substituents is 1. The van der Waals surface area contributed by atoms with Crippen molar-refractivity contribution in [3.63, 3.8) is 0 Å². The van der Waals surface area contributed by atoms with E-state index in [9.17, 15) is 28.1 Å². The molecule has 8 nitrogen and oxygen atoms in total. The molecule has 12 heteroatoms. The molecule has 0 bridgehead atoms. The van der Waals surface area contributed by atoms with Gasteiger partial charge in [0.1, 0.15) is 5.75 Å². The van der Waals surface area contributed by atoms with Gasteiger partial charge >= 0.3 is 6.36 Å². The molecule has 2 heterocycles. The molecule has 1 aliphatic heterocycles. The van der Waals surface area contributed by atoms with Crippen molar-refractivity contribution >= 4 is 38.3 Å². The van der Waals surface area contributed by atoms with Crippen LogP contribution in [0.15, 0.2) is 36.4 Å². The summed E-state index contributed by atoms with van der Waals surface area (Å²) >= 11 is 1.25. The molecule has 1 fully saturated rings. The number of nitrogens with zero attached hydrogens (tertiary/aromatic N) is 4. The summed E-state index contributed by atoms with van der Waals surface area (Å²) in [6.07, 6.45) is -4.76. The Kier molecular flexibility index (Phi) is 5.63. The number of fused-ring (bicyclic) bond motifs is 1. The number of rotatable bonds is 4. The molecule has 0 saturated carbocycles. The maximum Gasteiger partial charge on any atom is 0.573 e. The van der Waals surface area contributed by atoms with Crippen LogP contribution in [0.3, 0.4) is 0 Å². The standard InChI is InChI=1S/C20H17F3N4O4S/c1-12-14(3-2-4-16(12)27(29)30)18(28)25-7-9-26(10-8-25)19-24-15-6-5-13(11-17(15)32-19)31-20(21,22)23/h2-6,11H,7-10H2,1H3. The van der Waals surface area contributed by atoms with Crippen LogP contribution in [0, 0.1) is 17.0 Å². The van der Waals surface area contributed by atoms with E-state index in [0.29, 0.717) is 52.7 Å². The molecule has 4 rings (SSSR count). The largest absolute Gasteiger partial charge is 0.573 e. The highest BCUT2D eigenvalue weighted by molar-refractivity contribution is 7.22. The van der Waals surface area contributed by atoms with Crippen molar-refractivity contribution in [2.24, 2.45) is 0 Å². The first kappa shape index (κ1) is 21.8. The van der Waals surface area contributed by atoms with E-state index in [2.05, 4.69) is 9.72 Å². The average molecular weight is 466 g/mol. The van der Waals surface area contributed by atoms with Gasteiger partial charge in [0.25, 0.3) is 11.6 Å². The highest BCUT2D eigenvalue weighted by Gasteiger charge is 2.31. The number of benzene rings is 2. The summed E-state index contributed by atoms with van der Waals surface area (Å²) in [5.41, 5.74) is 1.08. The molecule has 2 aromatic carbocycles. The molecule has 3 aromatic rings. The van der Waals surface area contributed by atoms with Gasteiger partial charge in [0, 0.05) is 49.4 Å². The molecule has 32 heavy (non-hydrogen) atoms. The number of carbonyl (C=O) groups is 1. The number of alkyl halides is 3. The summed E-state index contributed by atoms with van der Waals surface area (Å²) in [7, 11) is 0. The van der Waals surface area contributed by atoms with Crippen LogP contribution in [0.1, 0.15) is 15.9 Å². The molecule has 1 aliphatic rings. The maximum absolute atomic E-state index is 12.9. The van der Waals surface area contributed by atoms with Gasteiger partial charge in [0.05, 0.1) is 15.1 Å². The van der Waals surface area contributed by atoms with Crippen LogP contribution in [-0.2, 0) is 0 Å². The number of hydrogen-bond donors (Lipinski definition) is 0. The van der Waals surface area contributed by atoms with Gasteiger partial charge in [-0.1, -0.05) is 17.4 Å². The number of ether oxygens (including phenoxy) is 1. The predicted molar refractivity (Wildman–Crippen MR) is 112 cm³/mol. The van der Waals surface area contributed by atoms with Crippen molar-refractivity contribution in [1.29, 1.82) is 0 Å². The fourth-order valence-corrected chi connectivity index (χ4v) is 4.59. The molecular weight excluding hydrogens is 449 g/mol. The fourth-order valence-electron chi connectivity index (χ4n) is 3.55. The smallest absolute Gasteiger partial charge is 0.406 e. The van der Waals surface area contributed by atoms with E-state index in [1.165, 1.54) is 41.7 Å². The second-order valence-electron chi connectivity index (χ2n) is 7.16. The Bertz CT molecular complexity index is 1190. The number of halogens is 3. The molecule has 168 valence electrons. The van der Waals surface area contributed by atoms with Crippen molar-refractivity contribution in [3.8, 4) is 5.75 Å². The first-order valence-corrected chi connectivity index (χ1v) is 10.4. The summed E-state index contributed by atoms with van der Waals surface area (Å²) in [6, 6.07) is 8.42. The van der Waals surface area contributed by atoms with Crippen LogP contribution >= 0.6 is 11.3 Å². The topological polar surface area (TPSA) is 88.8 Å². The van der Waals surface area contributed by atoms with Crippen molar-refractivity contribution in [2.45, 2.75) is 13.3 Å². The third kappa shape index (κ3) is 4.44. The summed E-state index contributed by atoms with van der Waals surface area (Å²) < 4.78 is 41.8. The van der Waals surface area contributed by atoms with Crippen LogP contribution < -0.4 is 9.64 Å². The summed E-state index contributed by atoms with van der Waals surface area (Å²) in [4.78, 5) is 31.6. The third-order valence-electron chi connectivity index (χ3n) is 5.15. The second kappa shape index (κ2) is 8.26. The number of piperazine rings is 1. The number of anilines is 1. The van der Waals surface area contributed by atoms with Crippen LogP contribution in [0.25, 0.3) is 10.2 Å². The molecule has 0 aliphatic carbocycles. The summed E-state index contributed by atoms with van der Waals surface area (Å²) in [5.74, 6) is -0.577. The van der Waals surface area contributed by atoms with Crippen molar-refractivity contribution in [2.75, 3.05) is 31.1 Å². The molecule has 1 amide bonds. The number of thiazole rings is 1. The van der Waals surface area contributed by atoms with Crippen LogP contribution in [-0.4, -0.2) is 53.3 Å². The zero-order valence-electron chi connectivity index (χ0n) is 16.8. The Labute approximate surface area is 184 Å². The Morgan fingerprint density at radius 2 is 1.91 bits per heavy atom. The van der Waals surface area contributed by atoms with Crippen molar-refractivity contribution in [3.05, 3.63) is 57.6 Å². The molecule has 0 atom stereocenters. The van der Waals surface area contributed by atoms with Gasteiger partial charge < -0.3 is 14.5 Å². The highest BCUT2D eigenvalue weighted by Crippen LogP contribution is 2.33. The van der Waals surface area contributed by atoms with E-state index >= 15 is 0 Å². The lowest BCUT2D eigenvalue weighted by molar-refractivity contribution is -0.385. The average Bonchev–Trinajstić information content (AvgIpc) is 3.15. The Morgan fingerprint density at radius 1 is 1.19 bits per heavy atom.